The third kappa shape index (κ3) is 2.61. The molecule has 0 spiro atoms. The first-order valence-electron chi connectivity index (χ1n) is 5.97. The van der Waals surface area contributed by atoms with Crippen LogP contribution in [-0.4, -0.2) is 9.78 Å². The van der Waals surface area contributed by atoms with Crippen LogP contribution in [0.3, 0.4) is 0 Å². The Kier molecular flexibility index (Phi) is 3.87. The topological polar surface area (TPSA) is 41.6 Å². The summed E-state index contributed by atoms with van der Waals surface area (Å²) in [4.78, 5) is 0. The van der Waals surface area contributed by atoms with Crippen LogP contribution in [0, 0.1) is 23.1 Å². The molecular formula is C14H13ClFN3. The standard InChI is InChI=1S/C14H13ClFN3/c1-9(2)7-12-10(8-17)14(15)19(18-12)13-6-4-3-5-11(13)16/h3-6,9H,7H2,1-2H3. The van der Waals surface area contributed by atoms with Crippen LogP contribution in [0.5, 0.6) is 0 Å². The Hall–Kier alpha value is -1.86. The molecule has 0 aliphatic rings. The predicted molar refractivity (Wildman–Crippen MR) is 71.8 cm³/mol. The van der Waals surface area contributed by atoms with Gasteiger partial charge < -0.3 is 0 Å². The highest BCUT2D eigenvalue weighted by atomic mass is 35.5. The summed E-state index contributed by atoms with van der Waals surface area (Å²) in [5, 5.41) is 13.6. The van der Waals surface area contributed by atoms with Gasteiger partial charge in [0.25, 0.3) is 0 Å². The minimum absolute atomic E-state index is 0.156. The quantitative estimate of drug-likeness (QED) is 0.858. The van der Waals surface area contributed by atoms with E-state index in [1.165, 1.54) is 10.7 Å². The maximum absolute atomic E-state index is 13.8. The molecule has 2 aromatic rings. The molecule has 0 radical (unpaired) electrons. The van der Waals surface area contributed by atoms with E-state index in [9.17, 15) is 4.39 Å². The molecule has 0 N–H and O–H groups in total. The summed E-state index contributed by atoms with van der Waals surface area (Å²) in [7, 11) is 0. The van der Waals surface area contributed by atoms with Gasteiger partial charge in [-0.15, -0.1) is 0 Å². The molecule has 3 nitrogen and oxygen atoms in total. The van der Waals surface area contributed by atoms with Crippen molar-refractivity contribution < 1.29 is 4.39 Å². The van der Waals surface area contributed by atoms with Gasteiger partial charge in [-0.2, -0.15) is 10.4 Å². The molecule has 0 amide bonds. The lowest BCUT2D eigenvalue weighted by molar-refractivity contribution is 0.602. The Balaban J connectivity index is 2.57. The van der Waals surface area contributed by atoms with E-state index < -0.39 is 5.82 Å². The average molecular weight is 278 g/mol. The monoisotopic (exact) mass is 277 g/mol. The number of hydrogen-bond acceptors (Lipinski definition) is 2. The second kappa shape index (κ2) is 5.41. The third-order valence-corrected chi connectivity index (χ3v) is 3.04. The molecule has 1 aromatic carbocycles. The van der Waals surface area contributed by atoms with E-state index >= 15 is 0 Å². The van der Waals surface area contributed by atoms with Gasteiger partial charge in [-0.25, -0.2) is 9.07 Å². The molecule has 0 aliphatic heterocycles. The van der Waals surface area contributed by atoms with Crippen molar-refractivity contribution in [3.63, 3.8) is 0 Å². The highest BCUT2D eigenvalue weighted by molar-refractivity contribution is 6.31. The fraction of sp³-hybridized carbons (Fsp3) is 0.286. The Labute approximate surface area is 116 Å². The van der Waals surface area contributed by atoms with E-state index in [0.29, 0.717) is 23.6 Å². The zero-order chi connectivity index (χ0) is 14.0. The van der Waals surface area contributed by atoms with Crippen molar-refractivity contribution in [2.75, 3.05) is 0 Å². The van der Waals surface area contributed by atoms with Crippen LogP contribution < -0.4 is 0 Å². The normalized spacial score (nSPS) is 10.7. The molecule has 98 valence electrons. The van der Waals surface area contributed by atoms with E-state index in [0.717, 1.165) is 0 Å². The zero-order valence-electron chi connectivity index (χ0n) is 10.7. The fourth-order valence-electron chi connectivity index (χ4n) is 1.86. The molecule has 0 fully saturated rings. The van der Waals surface area contributed by atoms with Gasteiger partial charge in [-0.05, 0) is 24.5 Å². The third-order valence-electron chi connectivity index (χ3n) is 2.70. The summed E-state index contributed by atoms with van der Waals surface area (Å²) >= 11 is 6.13. The molecule has 0 saturated heterocycles. The Morgan fingerprint density at radius 1 is 1.42 bits per heavy atom. The summed E-state index contributed by atoms with van der Waals surface area (Å²) < 4.78 is 15.0. The largest absolute Gasteiger partial charge is 0.218 e. The fourth-order valence-corrected chi connectivity index (χ4v) is 2.14. The Morgan fingerprint density at radius 2 is 2.11 bits per heavy atom. The van der Waals surface area contributed by atoms with Gasteiger partial charge in [0.05, 0.1) is 5.69 Å². The van der Waals surface area contributed by atoms with Crippen molar-refractivity contribution in [1.82, 2.24) is 9.78 Å². The van der Waals surface area contributed by atoms with Crippen molar-refractivity contribution >= 4 is 11.6 Å². The van der Waals surface area contributed by atoms with E-state index in [2.05, 4.69) is 5.10 Å². The van der Waals surface area contributed by atoms with Gasteiger partial charge in [0.2, 0.25) is 0 Å². The summed E-state index contributed by atoms with van der Waals surface area (Å²) in [5.74, 6) is -0.0837. The minimum atomic E-state index is -0.424. The summed E-state index contributed by atoms with van der Waals surface area (Å²) in [6.45, 7) is 4.05. The van der Waals surface area contributed by atoms with Crippen LogP contribution in [0.4, 0.5) is 4.39 Å². The number of nitriles is 1. The van der Waals surface area contributed by atoms with E-state index in [-0.39, 0.29) is 10.8 Å². The maximum Gasteiger partial charge on any atom is 0.151 e. The first-order valence-corrected chi connectivity index (χ1v) is 6.34. The highest BCUT2D eigenvalue weighted by Crippen LogP contribution is 2.25. The van der Waals surface area contributed by atoms with Gasteiger partial charge >= 0.3 is 0 Å². The predicted octanol–water partition coefficient (Wildman–Crippen LogP) is 3.73. The Morgan fingerprint density at radius 3 is 2.68 bits per heavy atom. The number of nitrogens with zero attached hydrogens (tertiary/aromatic N) is 3. The molecule has 0 atom stereocenters. The lowest BCUT2D eigenvalue weighted by Gasteiger charge is -2.04. The van der Waals surface area contributed by atoms with Gasteiger partial charge in [-0.1, -0.05) is 37.6 Å². The second-order valence-corrected chi connectivity index (χ2v) is 5.04. The van der Waals surface area contributed by atoms with Crippen LogP contribution in [-0.2, 0) is 6.42 Å². The smallest absolute Gasteiger partial charge is 0.151 e. The van der Waals surface area contributed by atoms with Crippen LogP contribution in [0.25, 0.3) is 5.69 Å². The van der Waals surface area contributed by atoms with Crippen LogP contribution >= 0.6 is 11.6 Å². The van der Waals surface area contributed by atoms with E-state index in [4.69, 9.17) is 16.9 Å². The van der Waals surface area contributed by atoms with Crippen molar-refractivity contribution in [2.24, 2.45) is 5.92 Å². The zero-order valence-corrected chi connectivity index (χ0v) is 11.4. The summed E-state index contributed by atoms with van der Waals surface area (Å²) in [5.41, 5.74) is 1.17. The SMILES string of the molecule is CC(C)Cc1nn(-c2ccccc2F)c(Cl)c1C#N. The second-order valence-electron chi connectivity index (χ2n) is 4.69. The van der Waals surface area contributed by atoms with Crippen LogP contribution in [0.1, 0.15) is 25.1 Å². The van der Waals surface area contributed by atoms with Crippen molar-refractivity contribution in [3.05, 3.63) is 46.5 Å². The molecule has 5 heteroatoms. The number of benzene rings is 1. The van der Waals surface area contributed by atoms with Gasteiger partial charge in [0, 0.05) is 0 Å². The van der Waals surface area contributed by atoms with E-state index in [1.807, 2.05) is 19.9 Å². The molecule has 0 aliphatic carbocycles. The van der Waals surface area contributed by atoms with Crippen LogP contribution in [0.2, 0.25) is 5.15 Å². The average Bonchev–Trinajstić information content (AvgIpc) is 2.65. The molecule has 0 bridgehead atoms. The molecule has 2 rings (SSSR count). The van der Waals surface area contributed by atoms with Crippen molar-refractivity contribution in [2.45, 2.75) is 20.3 Å². The Bertz CT molecular complexity index is 641. The number of aromatic nitrogens is 2. The van der Waals surface area contributed by atoms with Crippen LogP contribution in [0.15, 0.2) is 24.3 Å². The lowest BCUT2D eigenvalue weighted by atomic mass is 10.1. The summed E-state index contributed by atoms with van der Waals surface area (Å²) in [6.07, 6.45) is 0.629. The first kappa shape index (κ1) is 13.6. The van der Waals surface area contributed by atoms with Crippen molar-refractivity contribution in [1.29, 1.82) is 5.26 Å². The molecule has 1 heterocycles. The van der Waals surface area contributed by atoms with Gasteiger partial charge in [-0.3, -0.25) is 0 Å². The number of rotatable bonds is 3. The number of halogens is 2. The minimum Gasteiger partial charge on any atom is -0.218 e. The molecule has 0 unspecified atom stereocenters. The maximum atomic E-state index is 13.8. The van der Waals surface area contributed by atoms with Gasteiger partial charge in [0.15, 0.2) is 5.15 Å². The molecular weight excluding hydrogens is 265 g/mol. The molecule has 1 aromatic heterocycles. The number of hydrogen-bond donors (Lipinski definition) is 0. The molecule has 19 heavy (non-hydrogen) atoms. The van der Waals surface area contributed by atoms with E-state index in [1.54, 1.807) is 18.2 Å². The number of para-hydroxylation sites is 1. The lowest BCUT2D eigenvalue weighted by Crippen LogP contribution is -2.01. The summed E-state index contributed by atoms with van der Waals surface area (Å²) in [6, 6.07) is 8.25. The highest BCUT2D eigenvalue weighted by Gasteiger charge is 2.19. The molecule has 0 saturated carbocycles. The first-order chi connectivity index (χ1) is 9.04. The van der Waals surface area contributed by atoms with Gasteiger partial charge in [0.1, 0.15) is 23.1 Å². The van der Waals surface area contributed by atoms with Crippen molar-refractivity contribution in [3.8, 4) is 11.8 Å².